The second-order valence-electron chi connectivity index (χ2n) is 10.6. The van der Waals surface area contributed by atoms with Crippen molar-refractivity contribution < 1.29 is 18.4 Å². The maximum atomic E-state index is 14.4. The molecule has 1 atom stereocenters. The van der Waals surface area contributed by atoms with Crippen molar-refractivity contribution in [2.24, 2.45) is 0 Å². The zero-order chi connectivity index (χ0) is 27.7. The van der Waals surface area contributed by atoms with Gasteiger partial charge in [0.05, 0.1) is 35.2 Å². The number of fused-ring (bicyclic) bond motifs is 1. The van der Waals surface area contributed by atoms with Gasteiger partial charge in [0.25, 0.3) is 0 Å². The number of nitrogens with zero attached hydrogens (tertiary/aromatic N) is 3. The number of benzene rings is 2. The molecule has 0 bridgehead atoms. The number of hydrogen-bond acceptors (Lipinski definition) is 5. The Bertz CT molecular complexity index is 1510. The summed E-state index contributed by atoms with van der Waals surface area (Å²) >= 11 is 1.52. The number of hydrogen-bond donors (Lipinski definition) is 1. The lowest BCUT2D eigenvalue weighted by molar-refractivity contribution is -0.123. The van der Waals surface area contributed by atoms with E-state index in [2.05, 4.69) is 45.1 Å². The number of carbonyl (C=O) groups excluding carboxylic acids is 2. The van der Waals surface area contributed by atoms with Crippen LogP contribution in [0.5, 0.6) is 0 Å². The van der Waals surface area contributed by atoms with Gasteiger partial charge in [-0.15, -0.1) is 11.8 Å². The summed E-state index contributed by atoms with van der Waals surface area (Å²) in [5, 5.41) is 7.62. The van der Waals surface area contributed by atoms with Crippen molar-refractivity contribution in [2.75, 3.05) is 17.2 Å². The van der Waals surface area contributed by atoms with E-state index in [1.54, 1.807) is 35.2 Å². The minimum atomic E-state index is -0.415. The summed E-state index contributed by atoms with van der Waals surface area (Å²) in [6, 6.07) is 17.7. The largest absolute Gasteiger partial charge is 0.467 e. The van der Waals surface area contributed by atoms with E-state index in [0.717, 1.165) is 22.4 Å². The number of rotatable bonds is 6. The highest BCUT2D eigenvalue weighted by molar-refractivity contribution is 8.00. The van der Waals surface area contributed by atoms with Crippen LogP contribution in [0.1, 0.15) is 54.2 Å². The monoisotopic (exact) mass is 546 g/mol. The van der Waals surface area contributed by atoms with E-state index >= 15 is 0 Å². The molecular formula is C30H31FN4O3S. The van der Waals surface area contributed by atoms with Gasteiger partial charge in [-0.25, -0.2) is 9.07 Å². The Morgan fingerprint density at radius 1 is 1.15 bits per heavy atom. The molecule has 4 aromatic rings. The summed E-state index contributed by atoms with van der Waals surface area (Å²) in [6.45, 7) is 8.25. The minimum absolute atomic E-state index is 0.172. The van der Waals surface area contributed by atoms with Crippen LogP contribution in [0.25, 0.3) is 5.69 Å². The van der Waals surface area contributed by atoms with Crippen molar-refractivity contribution in [1.82, 2.24) is 15.1 Å². The van der Waals surface area contributed by atoms with Gasteiger partial charge in [-0.05, 0) is 48.4 Å². The molecule has 5 rings (SSSR count). The Labute approximate surface area is 231 Å². The van der Waals surface area contributed by atoms with E-state index in [1.807, 2.05) is 12.1 Å². The zero-order valence-corrected chi connectivity index (χ0v) is 23.2. The normalized spacial score (nSPS) is 15.7. The van der Waals surface area contributed by atoms with Crippen LogP contribution in [-0.2, 0) is 21.5 Å². The fourth-order valence-corrected chi connectivity index (χ4v) is 6.08. The maximum Gasteiger partial charge on any atom is 0.240 e. The van der Waals surface area contributed by atoms with Gasteiger partial charge in [0, 0.05) is 11.0 Å². The van der Waals surface area contributed by atoms with Crippen LogP contribution >= 0.6 is 11.8 Å². The number of anilines is 1. The van der Waals surface area contributed by atoms with Gasteiger partial charge >= 0.3 is 0 Å². The molecule has 1 N–H and O–H groups in total. The lowest BCUT2D eigenvalue weighted by atomic mass is 9.86. The average Bonchev–Trinajstić information content (AvgIpc) is 3.53. The molecule has 0 unspecified atom stereocenters. The molecule has 2 amide bonds. The highest BCUT2D eigenvalue weighted by atomic mass is 32.2. The first-order valence-corrected chi connectivity index (χ1v) is 13.8. The number of halogens is 1. The van der Waals surface area contributed by atoms with Crippen LogP contribution in [0, 0.1) is 12.7 Å². The van der Waals surface area contributed by atoms with Gasteiger partial charge in [-0.1, -0.05) is 51.1 Å². The Balaban J connectivity index is 1.69. The molecule has 9 heteroatoms. The smallest absolute Gasteiger partial charge is 0.240 e. The number of furan rings is 1. The molecule has 1 aliphatic heterocycles. The summed E-state index contributed by atoms with van der Waals surface area (Å²) in [7, 11) is 0. The molecule has 0 radical (unpaired) electrons. The summed E-state index contributed by atoms with van der Waals surface area (Å²) in [6.07, 6.45) is 1.54. The van der Waals surface area contributed by atoms with Crippen LogP contribution in [0.3, 0.4) is 0 Å². The Kier molecular flexibility index (Phi) is 7.36. The van der Waals surface area contributed by atoms with Gasteiger partial charge in [0.15, 0.2) is 0 Å². The molecule has 0 aliphatic carbocycles. The lowest BCUT2D eigenvalue weighted by Gasteiger charge is -2.25. The molecule has 2 aromatic carbocycles. The molecule has 2 aromatic heterocycles. The number of amides is 2. The van der Waals surface area contributed by atoms with Gasteiger partial charge in [-0.3, -0.25) is 14.5 Å². The predicted octanol–water partition coefficient (Wildman–Crippen LogP) is 5.70. The number of nitrogens with one attached hydrogen (secondary N) is 1. The third-order valence-electron chi connectivity index (χ3n) is 6.66. The lowest BCUT2D eigenvalue weighted by Crippen LogP contribution is -2.42. The number of aromatic nitrogens is 2. The Hall–Kier alpha value is -3.85. The van der Waals surface area contributed by atoms with E-state index in [4.69, 9.17) is 9.52 Å². The molecular weight excluding hydrogens is 515 g/mol. The molecule has 202 valence electrons. The Morgan fingerprint density at radius 2 is 1.95 bits per heavy atom. The van der Waals surface area contributed by atoms with Crippen molar-refractivity contribution >= 4 is 29.4 Å². The summed E-state index contributed by atoms with van der Waals surface area (Å²) in [5.74, 6) is 0.300. The second kappa shape index (κ2) is 10.7. The molecule has 0 fully saturated rings. The molecule has 0 saturated carbocycles. The molecule has 3 heterocycles. The fraction of sp³-hybridized carbons (Fsp3) is 0.300. The molecule has 0 saturated heterocycles. The van der Waals surface area contributed by atoms with Crippen molar-refractivity contribution in [3.05, 3.63) is 101 Å². The third kappa shape index (κ3) is 5.49. The molecule has 0 spiro atoms. The zero-order valence-electron chi connectivity index (χ0n) is 22.4. The molecule has 39 heavy (non-hydrogen) atoms. The number of carbonyl (C=O) groups is 2. The van der Waals surface area contributed by atoms with E-state index in [9.17, 15) is 14.0 Å². The van der Waals surface area contributed by atoms with Crippen molar-refractivity contribution in [2.45, 2.75) is 44.9 Å². The van der Waals surface area contributed by atoms with Crippen LogP contribution < -0.4 is 10.2 Å². The van der Waals surface area contributed by atoms with Crippen LogP contribution in [0.2, 0.25) is 0 Å². The molecule has 7 nitrogen and oxygen atoms in total. The predicted molar refractivity (Wildman–Crippen MR) is 151 cm³/mol. The minimum Gasteiger partial charge on any atom is -0.467 e. The topological polar surface area (TPSA) is 80.4 Å². The van der Waals surface area contributed by atoms with Gasteiger partial charge in [0.2, 0.25) is 11.8 Å². The average molecular weight is 547 g/mol. The quantitative estimate of drug-likeness (QED) is 0.336. The van der Waals surface area contributed by atoms with Gasteiger partial charge < -0.3 is 9.73 Å². The third-order valence-corrected chi connectivity index (χ3v) is 7.90. The van der Waals surface area contributed by atoms with Crippen LogP contribution in [0.15, 0.2) is 71.3 Å². The second-order valence-corrected chi connectivity index (χ2v) is 11.7. The van der Waals surface area contributed by atoms with Gasteiger partial charge in [0.1, 0.15) is 23.9 Å². The van der Waals surface area contributed by atoms with E-state index in [0.29, 0.717) is 17.3 Å². The number of aryl methyl sites for hydroxylation is 1. The first-order valence-electron chi connectivity index (χ1n) is 12.8. The van der Waals surface area contributed by atoms with Crippen LogP contribution in [0.4, 0.5) is 10.2 Å². The van der Waals surface area contributed by atoms with Crippen LogP contribution in [-0.4, -0.2) is 33.9 Å². The van der Waals surface area contributed by atoms with E-state index in [1.165, 1.54) is 28.8 Å². The maximum absolute atomic E-state index is 14.4. The number of thioether (sulfide) groups is 1. The van der Waals surface area contributed by atoms with E-state index in [-0.39, 0.29) is 35.9 Å². The summed E-state index contributed by atoms with van der Waals surface area (Å²) in [4.78, 5) is 28.3. The SMILES string of the molecule is Cc1ccccc1[C@H]1SCC(=O)N(CC(=O)NCc2ccco2)c2c1c(C(C)(C)C)nn2-c1cccc(F)c1. The standard InChI is InChI=1S/C30H31FN4O3S/c1-19-9-5-6-13-23(19)27-26-28(30(2,3)4)33-35(21-11-7-10-20(31)15-21)29(26)34(25(37)18-39-27)17-24(36)32-16-22-12-8-14-38-22/h5-15,27H,16-18H2,1-4H3,(H,32,36)/t27-/m1/s1. The van der Waals surface area contributed by atoms with Crippen molar-refractivity contribution in [3.63, 3.8) is 0 Å². The molecule has 1 aliphatic rings. The Morgan fingerprint density at radius 3 is 2.64 bits per heavy atom. The fourth-order valence-electron chi connectivity index (χ4n) is 4.79. The van der Waals surface area contributed by atoms with Crippen molar-refractivity contribution in [1.29, 1.82) is 0 Å². The van der Waals surface area contributed by atoms with Gasteiger partial charge in [-0.2, -0.15) is 5.10 Å². The van der Waals surface area contributed by atoms with E-state index < -0.39 is 11.2 Å². The highest BCUT2D eigenvalue weighted by Crippen LogP contribution is 2.49. The summed E-state index contributed by atoms with van der Waals surface area (Å²) in [5.41, 5.74) is 3.89. The first-order chi connectivity index (χ1) is 18.6. The van der Waals surface area contributed by atoms with Crippen molar-refractivity contribution in [3.8, 4) is 5.69 Å². The highest BCUT2D eigenvalue weighted by Gasteiger charge is 2.40. The summed E-state index contributed by atoms with van der Waals surface area (Å²) < 4.78 is 21.4. The first kappa shape index (κ1) is 26.7.